The molecule has 2 aromatic carbocycles. The van der Waals surface area contributed by atoms with Gasteiger partial charge in [-0.05, 0) is 18.6 Å². The summed E-state index contributed by atoms with van der Waals surface area (Å²) in [5.74, 6) is 0. The van der Waals surface area contributed by atoms with Crippen LogP contribution < -0.4 is 0 Å². The Morgan fingerprint density at radius 3 is 2.27 bits per heavy atom. The van der Waals surface area contributed by atoms with Crippen molar-refractivity contribution >= 4 is 17.1 Å². The molecule has 0 fully saturated rings. The average molecular weight is 300 g/mol. The Labute approximate surface area is 125 Å². The van der Waals surface area contributed by atoms with E-state index < -0.39 is 15.5 Å². The van der Waals surface area contributed by atoms with Crippen molar-refractivity contribution in [3.63, 3.8) is 0 Å². The molecule has 0 bridgehead atoms. The Morgan fingerprint density at radius 2 is 1.68 bits per heavy atom. The Bertz CT molecular complexity index is 731. The van der Waals surface area contributed by atoms with Gasteiger partial charge in [0.05, 0.1) is 22.0 Å². The summed E-state index contributed by atoms with van der Waals surface area (Å²) in [5, 5.41) is 29.6. The molecule has 8 heteroatoms. The van der Waals surface area contributed by atoms with E-state index in [9.17, 15) is 20.2 Å². The lowest BCUT2D eigenvalue weighted by atomic mass is 10.1. The minimum Gasteiger partial charge on any atom is -0.258 e. The minimum atomic E-state index is -0.714. The fourth-order valence-electron chi connectivity index (χ4n) is 1.80. The molecule has 0 spiro atoms. The van der Waals surface area contributed by atoms with Gasteiger partial charge in [0.25, 0.3) is 5.69 Å². The Kier molecular flexibility index (Phi) is 4.52. The van der Waals surface area contributed by atoms with Gasteiger partial charge in [0.2, 0.25) is 0 Å². The Hall–Kier alpha value is -3.16. The molecule has 0 radical (unpaired) electrons. The molecule has 2 aromatic rings. The van der Waals surface area contributed by atoms with Crippen LogP contribution in [0.2, 0.25) is 0 Å². The van der Waals surface area contributed by atoms with Gasteiger partial charge in [-0.25, -0.2) is 0 Å². The molecular weight excluding hydrogens is 288 g/mol. The molecule has 0 amide bonds. The first kappa shape index (κ1) is 15.2. The van der Waals surface area contributed by atoms with Gasteiger partial charge in [0.1, 0.15) is 0 Å². The van der Waals surface area contributed by atoms with Crippen LogP contribution in [-0.4, -0.2) is 9.85 Å². The van der Waals surface area contributed by atoms with Crippen LogP contribution in [0.15, 0.2) is 58.8 Å². The molecule has 0 aliphatic rings. The zero-order valence-corrected chi connectivity index (χ0v) is 11.6. The van der Waals surface area contributed by atoms with E-state index in [0.29, 0.717) is 0 Å². The molecule has 0 aliphatic heterocycles. The van der Waals surface area contributed by atoms with Crippen LogP contribution in [0.3, 0.4) is 0 Å². The predicted molar refractivity (Wildman–Crippen MR) is 79.1 cm³/mol. The molecule has 0 aliphatic carbocycles. The lowest BCUT2D eigenvalue weighted by Gasteiger charge is -2.04. The molecule has 0 N–H and O–H groups in total. The van der Waals surface area contributed by atoms with Crippen molar-refractivity contribution in [1.82, 2.24) is 0 Å². The van der Waals surface area contributed by atoms with E-state index >= 15 is 0 Å². The van der Waals surface area contributed by atoms with Gasteiger partial charge in [-0.15, -0.1) is 5.11 Å². The van der Waals surface area contributed by atoms with E-state index in [0.717, 1.165) is 17.7 Å². The summed E-state index contributed by atoms with van der Waals surface area (Å²) < 4.78 is 0. The van der Waals surface area contributed by atoms with Gasteiger partial charge in [-0.3, -0.25) is 20.2 Å². The molecule has 8 nitrogen and oxygen atoms in total. The molecule has 2 rings (SSSR count). The average Bonchev–Trinajstić information content (AvgIpc) is 2.53. The first-order chi connectivity index (χ1) is 10.5. The molecule has 0 aromatic heterocycles. The molecule has 22 heavy (non-hydrogen) atoms. The van der Waals surface area contributed by atoms with E-state index in [4.69, 9.17) is 0 Å². The molecule has 1 unspecified atom stereocenters. The largest absolute Gasteiger partial charge is 0.303 e. The molecule has 0 heterocycles. The maximum Gasteiger partial charge on any atom is 0.303 e. The van der Waals surface area contributed by atoms with Gasteiger partial charge >= 0.3 is 5.69 Å². The third-order valence-corrected chi connectivity index (χ3v) is 2.99. The SMILES string of the molecule is CC(N=Nc1ccc([N+](=O)[O-])cc1[N+](=O)[O-])c1ccccc1. The highest BCUT2D eigenvalue weighted by molar-refractivity contribution is 5.61. The highest BCUT2D eigenvalue weighted by Crippen LogP contribution is 2.32. The van der Waals surface area contributed by atoms with Crippen LogP contribution in [0.4, 0.5) is 17.1 Å². The Morgan fingerprint density at radius 1 is 1.00 bits per heavy atom. The summed E-state index contributed by atoms with van der Waals surface area (Å²) >= 11 is 0. The van der Waals surface area contributed by atoms with E-state index in [1.807, 2.05) is 30.3 Å². The van der Waals surface area contributed by atoms with E-state index in [1.165, 1.54) is 6.07 Å². The lowest BCUT2D eigenvalue weighted by molar-refractivity contribution is -0.393. The number of nitro benzene ring substituents is 2. The van der Waals surface area contributed by atoms with Gasteiger partial charge in [-0.2, -0.15) is 5.11 Å². The topological polar surface area (TPSA) is 111 Å². The Balaban J connectivity index is 2.31. The molecule has 112 valence electrons. The number of rotatable bonds is 5. The summed E-state index contributed by atoms with van der Waals surface area (Å²) in [4.78, 5) is 20.3. The van der Waals surface area contributed by atoms with Crippen LogP contribution in [0.25, 0.3) is 0 Å². The van der Waals surface area contributed by atoms with Crippen LogP contribution in [0.1, 0.15) is 18.5 Å². The van der Waals surface area contributed by atoms with Gasteiger partial charge in [-0.1, -0.05) is 30.3 Å². The maximum absolute atomic E-state index is 11.0. The van der Waals surface area contributed by atoms with Crippen molar-refractivity contribution in [2.75, 3.05) is 0 Å². The summed E-state index contributed by atoms with van der Waals surface area (Å²) in [6.07, 6.45) is 0. The molecule has 0 saturated heterocycles. The fraction of sp³-hybridized carbons (Fsp3) is 0.143. The van der Waals surface area contributed by atoms with Gasteiger partial charge < -0.3 is 0 Å². The van der Waals surface area contributed by atoms with Crippen molar-refractivity contribution in [2.45, 2.75) is 13.0 Å². The number of benzene rings is 2. The zero-order valence-electron chi connectivity index (χ0n) is 11.6. The summed E-state index contributed by atoms with van der Waals surface area (Å²) in [6, 6.07) is 12.3. The summed E-state index contributed by atoms with van der Waals surface area (Å²) in [5.41, 5.74) is 0.0918. The number of azo groups is 1. The maximum atomic E-state index is 11.0. The van der Waals surface area contributed by atoms with E-state index in [-0.39, 0.29) is 17.4 Å². The van der Waals surface area contributed by atoms with Crippen molar-refractivity contribution in [3.8, 4) is 0 Å². The number of nitro groups is 2. The number of hydrogen-bond donors (Lipinski definition) is 0. The third kappa shape index (κ3) is 3.48. The third-order valence-electron chi connectivity index (χ3n) is 2.99. The monoisotopic (exact) mass is 300 g/mol. The second kappa shape index (κ2) is 6.53. The van der Waals surface area contributed by atoms with Crippen LogP contribution in [0, 0.1) is 20.2 Å². The second-order valence-electron chi connectivity index (χ2n) is 4.49. The number of hydrogen-bond acceptors (Lipinski definition) is 6. The highest BCUT2D eigenvalue weighted by Gasteiger charge is 2.19. The van der Waals surface area contributed by atoms with Crippen LogP contribution in [-0.2, 0) is 0 Å². The summed E-state index contributed by atoms with van der Waals surface area (Å²) in [7, 11) is 0. The number of nitrogens with zero attached hydrogens (tertiary/aromatic N) is 4. The number of non-ortho nitro benzene ring substituents is 1. The standard InChI is InChI=1S/C14H12N4O4/c1-10(11-5-3-2-4-6-11)15-16-13-8-7-12(17(19)20)9-14(13)18(21)22/h2-10H,1H3. The second-order valence-corrected chi connectivity index (χ2v) is 4.49. The van der Waals surface area contributed by atoms with E-state index in [2.05, 4.69) is 10.2 Å². The van der Waals surface area contributed by atoms with Gasteiger partial charge in [0.15, 0.2) is 5.69 Å². The first-order valence-electron chi connectivity index (χ1n) is 6.37. The lowest BCUT2D eigenvalue weighted by Crippen LogP contribution is -1.93. The molecule has 1 atom stereocenters. The van der Waals surface area contributed by atoms with Crippen LogP contribution in [0.5, 0.6) is 0 Å². The minimum absolute atomic E-state index is 0.0154. The quantitative estimate of drug-likeness (QED) is 0.464. The highest BCUT2D eigenvalue weighted by atomic mass is 16.6. The van der Waals surface area contributed by atoms with Crippen molar-refractivity contribution in [1.29, 1.82) is 0 Å². The smallest absolute Gasteiger partial charge is 0.258 e. The summed E-state index contributed by atoms with van der Waals surface area (Å²) in [6.45, 7) is 1.80. The van der Waals surface area contributed by atoms with Gasteiger partial charge in [0, 0.05) is 6.07 Å². The molecular formula is C14H12N4O4. The predicted octanol–water partition coefficient (Wildman–Crippen LogP) is 4.35. The normalized spacial score (nSPS) is 12.2. The first-order valence-corrected chi connectivity index (χ1v) is 6.37. The zero-order chi connectivity index (χ0) is 16.1. The van der Waals surface area contributed by atoms with Crippen molar-refractivity contribution < 1.29 is 9.85 Å². The molecule has 0 saturated carbocycles. The van der Waals surface area contributed by atoms with E-state index in [1.54, 1.807) is 6.92 Å². The van der Waals surface area contributed by atoms with Crippen molar-refractivity contribution in [2.24, 2.45) is 10.2 Å². The van der Waals surface area contributed by atoms with Crippen LogP contribution >= 0.6 is 0 Å². The fourth-order valence-corrected chi connectivity index (χ4v) is 1.80. The van der Waals surface area contributed by atoms with Crippen molar-refractivity contribution in [3.05, 3.63) is 74.3 Å².